The fraction of sp³-hybridized carbons (Fsp3) is 0.333. The molecule has 2 aromatic rings. The van der Waals surface area contributed by atoms with Gasteiger partial charge in [-0.25, -0.2) is 0 Å². The Balaban J connectivity index is 0.000000340. The summed E-state index contributed by atoms with van der Waals surface area (Å²) >= 11 is 9.97. The van der Waals surface area contributed by atoms with Crippen molar-refractivity contribution in [2.45, 2.75) is 41.5 Å². The van der Waals surface area contributed by atoms with E-state index in [4.69, 9.17) is 24.4 Å². The van der Waals surface area contributed by atoms with Crippen molar-refractivity contribution in [2.75, 3.05) is 13.1 Å². The Morgan fingerprint density at radius 3 is 1.38 bits per heavy atom. The second-order valence-corrected chi connectivity index (χ2v) is 8.19. The van der Waals surface area contributed by atoms with E-state index in [1.807, 2.05) is 65.8 Å². The largest absolute Gasteiger partial charge is 0.507 e. The molecule has 0 saturated carbocycles. The molecule has 0 aliphatic heterocycles. The molecule has 0 spiro atoms. The molecule has 10 heteroatoms. The van der Waals surface area contributed by atoms with E-state index in [2.05, 4.69) is 31.7 Å². The zero-order chi connectivity index (χ0) is 25.7. The summed E-state index contributed by atoms with van der Waals surface area (Å²) < 4.78 is 0. The number of rotatable bonds is 6. The molecule has 0 bridgehead atoms. The zero-order valence-electron chi connectivity index (χ0n) is 20.5. The summed E-state index contributed by atoms with van der Waals surface area (Å²) in [5.41, 5.74) is 10.2. The summed E-state index contributed by atoms with van der Waals surface area (Å²) in [7, 11) is 0. The molecule has 0 aliphatic rings. The molecule has 0 unspecified atom stereocenters. The monoisotopic (exact) mass is 502 g/mol. The highest BCUT2D eigenvalue weighted by molar-refractivity contribution is 7.80. The Morgan fingerprint density at radius 2 is 1.09 bits per heavy atom. The lowest BCUT2D eigenvalue weighted by Crippen LogP contribution is -2.32. The average molecular weight is 503 g/mol. The van der Waals surface area contributed by atoms with Gasteiger partial charge >= 0.3 is 0 Å². The molecule has 0 amide bonds. The number of benzene rings is 2. The Morgan fingerprint density at radius 1 is 0.735 bits per heavy atom. The van der Waals surface area contributed by atoms with E-state index in [9.17, 15) is 10.2 Å². The number of aromatic hydroxyl groups is 2. The maximum absolute atomic E-state index is 9.77. The summed E-state index contributed by atoms with van der Waals surface area (Å²) in [6.45, 7) is 12.9. The third-order valence-corrected chi connectivity index (χ3v) is 4.88. The summed E-state index contributed by atoms with van der Waals surface area (Å²) in [6.07, 6.45) is 0. The van der Waals surface area contributed by atoms with Gasteiger partial charge < -0.3 is 20.8 Å². The first-order valence-corrected chi connectivity index (χ1v) is 11.7. The fourth-order valence-electron chi connectivity index (χ4n) is 2.69. The quantitative estimate of drug-likeness (QED) is 0.201. The zero-order valence-corrected chi connectivity index (χ0v) is 22.1. The number of hydrogen-bond donors (Lipinski definition) is 6. The van der Waals surface area contributed by atoms with Crippen LogP contribution in [0.25, 0.3) is 0 Å². The van der Waals surface area contributed by atoms with Crippen molar-refractivity contribution < 1.29 is 10.2 Å². The molecule has 0 heterocycles. The predicted molar refractivity (Wildman–Crippen MR) is 149 cm³/mol. The van der Waals surface area contributed by atoms with Gasteiger partial charge in [0.05, 0.1) is 11.4 Å². The third-order valence-electron chi connectivity index (χ3n) is 4.41. The van der Waals surface area contributed by atoms with E-state index in [1.165, 1.54) is 0 Å². The van der Waals surface area contributed by atoms with Crippen LogP contribution in [0.3, 0.4) is 0 Å². The highest BCUT2D eigenvalue weighted by Crippen LogP contribution is 2.19. The van der Waals surface area contributed by atoms with Crippen LogP contribution in [0.5, 0.6) is 11.5 Å². The summed E-state index contributed by atoms with van der Waals surface area (Å²) in [5, 5.41) is 34.6. The van der Waals surface area contributed by atoms with E-state index >= 15 is 0 Å². The standard InChI is InChI=1S/2C12H17N3OS/c2*1-4-13-12(17)15-14-9(3)10-6-5-8(2)7-11(10)16/h2*5-7,16H,4H2,1-3H3,(H2,13,15,17)/b2*14-9+. The number of thiocarbonyl (C=S) groups is 2. The van der Waals surface area contributed by atoms with Crippen LogP contribution in [-0.2, 0) is 0 Å². The van der Waals surface area contributed by atoms with Gasteiger partial charge in [-0.1, -0.05) is 12.1 Å². The van der Waals surface area contributed by atoms with Gasteiger partial charge in [-0.3, -0.25) is 10.9 Å². The smallest absolute Gasteiger partial charge is 0.186 e. The van der Waals surface area contributed by atoms with Crippen LogP contribution in [0.2, 0.25) is 0 Å². The van der Waals surface area contributed by atoms with Crippen molar-refractivity contribution in [1.82, 2.24) is 21.5 Å². The maximum Gasteiger partial charge on any atom is 0.186 e. The highest BCUT2D eigenvalue weighted by Gasteiger charge is 2.05. The SMILES string of the molecule is CCNC(=S)N/N=C(\C)c1ccc(C)cc1O.CCNC(=S)N/N=C(\C)c1ccc(C)cc1O. The molecule has 0 fully saturated rings. The van der Waals surface area contributed by atoms with Crippen molar-refractivity contribution in [1.29, 1.82) is 0 Å². The van der Waals surface area contributed by atoms with E-state index in [1.54, 1.807) is 12.1 Å². The van der Waals surface area contributed by atoms with Crippen LogP contribution in [0, 0.1) is 13.8 Å². The van der Waals surface area contributed by atoms with Gasteiger partial charge in [0.2, 0.25) is 0 Å². The second kappa shape index (κ2) is 14.8. The number of nitrogens with zero attached hydrogens (tertiary/aromatic N) is 2. The molecular weight excluding hydrogens is 468 g/mol. The molecule has 0 atom stereocenters. The van der Waals surface area contributed by atoms with Crippen LogP contribution in [0.15, 0.2) is 46.6 Å². The van der Waals surface area contributed by atoms with Crippen molar-refractivity contribution in [2.24, 2.45) is 10.2 Å². The molecule has 184 valence electrons. The molecule has 0 aromatic heterocycles. The van der Waals surface area contributed by atoms with Crippen LogP contribution in [0.1, 0.15) is 49.9 Å². The number of nitrogens with one attached hydrogen (secondary N) is 4. The minimum Gasteiger partial charge on any atom is -0.507 e. The van der Waals surface area contributed by atoms with Crippen molar-refractivity contribution in [3.8, 4) is 11.5 Å². The van der Waals surface area contributed by atoms with Crippen LogP contribution in [-0.4, -0.2) is 45.0 Å². The molecule has 0 saturated heterocycles. The van der Waals surface area contributed by atoms with Gasteiger partial charge in [-0.2, -0.15) is 10.2 Å². The molecule has 0 radical (unpaired) electrons. The fourth-order valence-corrected chi connectivity index (χ4v) is 3.07. The van der Waals surface area contributed by atoms with Crippen LogP contribution < -0.4 is 21.5 Å². The number of phenolic OH excluding ortho intramolecular Hbond substituents is 2. The number of hydrazone groups is 2. The Kier molecular flexibility index (Phi) is 12.5. The topological polar surface area (TPSA) is 113 Å². The molecule has 34 heavy (non-hydrogen) atoms. The molecule has 6 N–H and O–H groups in total. The van der Waals surface area contributed by atoms with Crippen molar-refractivity contribution in [3.63, 3.8) is 0 Å². The first kappa shape index (κ1) is 28.8. The Bertz CT molecular complexity index is 970. The normalized spacial score (nSPS) is 11.1. The number of hydrogen-bond acceptors (Lipinski definition) is 6. The second-order valence-electron chi connectivity index (χ2n) is 7.38. The first-order valence-electron chi connectivity index (χ1n) is 10.8. The van der Waals surface area contributed by atoms with Crippen LogP contribution >= 0.6 is 24.4 Å². The van der Waals surface area contributed by atoms with Gasteiger partial charge in [-0.15, -0.1) is 0 Å². The lowest BCUT2D eigenvalue weighted by Gasteiger charge is -2.07. The molecule has 0 aliphatic carbocycles. The Hall–Kier alpha value is -3.24. The third kappa shape index (κ3) is 10.1. The Labute approximate surface area is 212 Å². The first-order chi connectivity index (χ1) is 16.1. The van der Waals surface area contributed by atoms with E-state index in [0.717, 1.165) is 24.2 Å². The summed E-state index contributed by atoms with van der Waals surface area (Å²) in [6, 6.07) is 10.9. The summed E-state index contributed by atoms with van der Waals surface area (Å²) in [4.78, 5) is 0. The number of phenols is 2. The van der Waals surface area contributed by atoms with Gasteiger partial charge in [0.1, 0.15) is 11.5 Å². The average Bonchev–Trinajstić information content (AvgIpc) is 2.77. The molecule has 2 rings (SSSR count). The lowest BCUT2D eigenvalue weighted by atomic mass is 10.1. The van der Waals surface area contributed by atoms with Gasteiger partial charge in [-0.05, 0) is 101 Å². The van der Waals surface area contributed by atoms with Gasteiger partial charge in [0, 0.05) is 24.2 Å². The van der Waals surface area contributed by atoms with E-state index in [-0.39, 0.29) is 11.5 Å². The molecular formula is C24H34N6O2S2. The van der Waals surface area contributed by atoms with Crippen LogP contribution in [0.4, 0.5) is 0 Å². The highest BCUT2D eigenvalue weighted by atomic mass is 32.1. The maximum atomic E-state index is 9.77. The summed E-state index contributed by atoms with van der Waals surface area (Å²) in [5.74, 6) is 0.449. The van der Waals surface area contributed by atoms with E-state index in [0.29, 0.717) is 32.8 Å². The van der Waals surface area contributed by atoms with Crippen molar-refractivity contribution >= 4 is 46.1 Å². The minimum absolute atomic E-state index is 0.224. The predicted octanol–water partition coefficient (Wildman–Crippen LogP) is 3.82. The lowest BCUT2D eigenvalue weighted by molar-refractivity contribution is 0.473. The van der Waals surface area contributed by atoms with Gasteiger partial charge in [0.25, 0.3) is 0 Å². The van der Waals surface area contributed by atoms with Crippen molar-refractivity contribution in [3.05, 3.63) is 58.7 Å². The molecule has 8 nitrogen and oxygen atoms in total. The number of aryl methyl sites for hydroxylation is 2. The molecule has 2 aromatic carbocycles. The van der Waals surface area contributed by atoms with Gasteiger partial charge in [0.15, 0.2) is 10.2 Å². The minimum atomic E-state index is 0.224. The van der Waals surface area contributed by atoms with E-state index < -0.39 is 0 Å².